The quantitative estimate of drug-likeness (QED) is 0.219. The van der Waals surface area contributed by atoms with Crippen LogP contribution >= 0.6 is 22.6 Å². The standard InChI is InChI=1S/C28H23FIN3O6/c1-15-4-5-16(2)22(10-15)31-24(34)14-39-25-21(30)12-17(13-23(25)38-3)11-20-26(35)32-28(37)33(27(20)36)19-8-6-18(29)7-9-19/h4-13H,14H2,1-3H3,(H,31,34)(H,32,35,37)/b20-11+. The lowest BCUT2D eigenvalue weighted by atomic mass is 10.1. The van der Waals surface area contributed by atoms with Crippen molar-refractivity contribution in [2.45, 2.75) is 13.8 Å². The SMILES string of the molecule is COc1cc(/C=C2\C(=O)NC(=O)N(c3ccc(F)cc3)C2=O)cc(I)c1OCC(=O)Nc1cc(C)ccc1C. The van der Waals surface area contributed by atoms with E-state index in [9.17, 15) is 23.6 Å². The number of rotatable bonds is 7. The summed E-state index contributed by atoms with van der Waals surface area (Å²) in [5, 5.41) is 4.95. The van der Waals surface area contributed by atoms with Crippen LogP contribution in [0.4, 0.5) is 20.6 Å². The zero-order valence-electron chi connectivity index (χ0n) is 21.1. The number of benzene rings is 3. The van der Waals surface area contributed by atoms with Gasteiger partial charge < -0.3 is 14.8 Å². The van der Waals surface area contributed by atoms with E-state index in [1.54, 1.807) is 6.07 Å². The van der Waals surface area contributed by atoms with Crippen molar-refractivity contribution in [1.29, 1.82) is 0 Å². The molecular weight excluding hydrogens is 620 g/mol. The maximum absolute atomic E-state index is 13.3. The second-order valence-corrected chi connectivity index (χ2v) is 9.79. The number of aryl methyl sites for hydroxylation is 2. The number of nitrogens with one attached hydrogen (secondary N) is 2. The van der Waals surface area contributed by atoms with Crippen molar-refractivity contribution in [2.75, 3.05) is 23.9 Å². The largest absolute Gasteiger partial charge is 0.493 e. The van der Waals surface area contributed by atoms with Gasteiger partial charge in [-0.15, -0.1) is 0 Å². The van der Waals surface area contributed by atoms with Crippen LogP contribution in [0.2, 0.25) is 0 Å². The van der Waals surface area contributed by atoms with Crippen LogP contribution in [-0.4, -0.2) is 37.5 Å². The first-order valence-electron chi connectivity index (χ1n) is 11.6. The molecule has 1 fully saturated rings. The van der Waals surface area contributed by atoms with Crippen LogP contribution < -0.4 is 25.0 Å². The summed E-state index contributed by atoms with van der Waals surface area (Å²) in [6.45, 7) is 3.54. The number of amides is 5. The van der Waals surface area contributed by atoms with Gasteiger partial charge in [-0.2, -0.15) is 0 Å². The van der Waals surface area contributed by atoms with E-state index < -0.39 is 23.7 Å². The lowest BCUT2D eigenvalue weighted by Crippen LogP contribution is -2.54. The third-order valence-electron chi connectivity index (χ3n) is 5.76. The molecule has 0 aliphatic carbocycles. The number of anilines is 2. The molecule has 0 radical (unpaired) electrons. The molecule has 1 aliphatic heterocycles. The maximum atomic E-state index is 13.3. The van der Waals surface area contributed by atoms with Crippen LogP contribution in [0.1, 0.15) is 16.7 Å². The zero-order chi connectivity index (χ0) is 28.3. The Bertz CT molecular complexity index is 1520. The monoisotopic (exact) mass is 643 g/mol. The number of ether oxygens (including phenoxy) is 2. The molecule has 0 aromatic heterocycles. The molecule has 1 heterocycles. The van der Waals surface area contributed by atoms with Gasteiger partial charge in [0, 0.05) is 5.69 Å². The molecule has 5 amide bonds. The fourth-order valence-electron chi connectivity index (χ4n) is 3.81. The number of halogens is 2. The number of imide groups is 2. The predicted octanol–water partition coefficient (Wildman–Crippen LogP) is 4.74. The van der Waals surface area contributed by atoms with Gasteiger partial charge >= 0.3 is 6.03 Å². The molecule has 0 atom stereocenters. The smallest absolute Gasteiger partial charge is 0.335 e. The van der Waals surface area contributed by atoms with Crippen LogP contribution in [-0.2, 0) is 14.4 Å². The number of urea groups is 1. The Hall–Kier alpha value is -4.26. The molecule has 11 heteroatoms. The van der Waals surface area contributed by atoms with Gasteiger partial charge in [-0.3, -0.25) is 19.7 Å². The van der Waals surface area contributed by atoms with E-state index in [0.29, 0.717) is 20.6 Å². The Morgan fingerprint density at radius 3 is 2.49 bits per heavy atom. The Morgan fingerprint density at radius 1 is 1.08 bits per heavy atom. The van der Waals surface area contributed by atoms with Gasteiger partial charge in [-0.05, 0) is 102 Å². The molecular formula is C28H23FIN3O6. The molecule has 0 bridgehead atoms. The summed E-state index contributed by atoms with van der Waals surface area (Å²) < 4.78 is 25.1. The highest BCUT2D eigenvalue weighted by atomic mass is 127. The predicted molar refractivity (Wildman–Crippen MR) is 151 cm³/mol. The molecule has 3 aromatic carbocycles. The van der Waals surface area contributed by atoms with Gasteiger partial charge in [0.15, 0.2) is 18.1 Å². The molecule has 1 aliphatic rings. The average molecular weight is 643 g/mol. The average Bonchev–Trinajstić information content (AvgIpc) is 2.88. The van der Waals surface area contributed by atoms with Crippen molar-refractivity contribution in [1.82, 2.24) is 5.32 Å². The summed E-state index contributed by atoms with van der Waals surface area (Å²) in [5.41, 5.74) is 2.82. The number of carbonyl (C=O) groups is 4. The van der Waals surface area contributed by atoms with Crippen molar-refractivity contribution < 1.29 is 33.0 Å². The van der Waals surface area contributed by atoms with E-state index in [-0.39, 0.29) is 29.5 Å². The first-order chi connectivity index (χ1) is 18.6. The number of hydrogen-bond acceptors (Lipinski definition) is 6. The van der Waals surface area contributed by atoms with Crippen molar-refractivity contribution in [3.63, 3.8) is 0 Å². The molecule has 4 rings (SSSR count). The number of methoxy groups -OCH3 is 1. The Labute approximate surface area is 237 Å². The highest BCUT2D eigenvalue weighted by Gasteiger charge is 2.37. The van der Waals surface area contributed by atoms with Gasteiger partial charge in [0.25, 0.3) is 17.7 Å². The van der Waals surface area contributed by atoms with Gasteiger partial charge in [-0.1, -0.05) is 12.1 Å². The fourth-order valence-corrected chi connectivity index (χ4v) is 4.59. The van der Waals surface area contributed by atoms with Gasteiger partial charge in [0.05, 0.1) is 16.4 Å². The minimum absolute atomic E-state index is 0.104. The summed E-state index contributed by atoms with van der Waals surface area (Å²) in [5.74, 6) is -2.07. The summed E-state index contributed by atoms with van der Waals surface area (Å²) in [7, 11) is 1.42. The van der Waals surface area contributed by atoms with Crippen molar-refractivity contribution in [3.8, 4) is 11.5 Å². The van der Waals surface area contributed by atoms with Crippen molar-refractivity contribution in [3.05, 3.63) is 86.2 Å². The molecule has 39 heavy (non-hydrogen) atoms. The van der Waals surface area contributed by atoms with E-state index in [0.717, 1.165) is 28.2 Å². The molecule has 2 N–H and O–H groups in total. The number of carbonyl (C=O) groups excluding carboxylic acids is 4. The normalized spacial score (nSPS) is 14.3. The van der Waals surface area contributed by atoms with E-state index in [4.69, 9.17) is 9.47 Å². The van der Waals surface area contributed by atoms with E-state index >= 15 is 0 Å². The van der Waals surface area contributed by atoms with Crippen LogP contribution in [0.15, 0.2) is 60.2 Å². The third kappa shape index (κ3) is 6.25. The zero-order valence-corrected chi connectivity index (χ0v) is 23.3. The lowest BCUT2D eigenvalue weighted by Gasteiger charge is -2.26. The summed E-state index contributed by atoms with van der Waals surface area (Å²) in [6, 6.07) is 12.7. The first-order valence-corrected chi connectivity index (χ1v) is 12.7. The molecule has 3 aromatic rings. The van der Waals surface area contributed by atoms with Crippen LogP contribution in [0.5, 0.6) is 11.5 Å². The molecule has 1 saturated heterocycles. The van der Waals surface area contributed by atoms with Crippen molar-refractivity contribution >= 4 is 63.8 Å². The van der Waals surface area contributed by atoms with Crippen LogP contribution in [0.25, 0.3) is 6.08 Å². The fraction of sp³-hybridized carbons (Fsp3) is 0.143. The number of hydrogen-bond donors (Lipinski definition) is 2. The van der Waals surface area contributed by atoms with Crippen LogP contribution in [0.3, 0.4) is 0 Å². The molecule has 9 nitrogen and oxygen atoms in total. The summed E-state index contributed by atoms with van der Waals surface area (Å²) >= 11 is 1.99. The Balaban J connectivity index is 1.55. The highest BCUT2D eigenvalue weighted by Crippen LogP contribution is 2.35. The van der Waals surface area contributed by atoms with Gasteiger partial charge in [0.2, 0.25) is 0 Å². The topological polar surface area (TPSA) is 114 Å². The lowest BCUT2D eigenvalue weighted by molar-refractivity contribution is -0.122. The minimum atomic E-state index is -0.941. The first kappa shape index (κ1) is 27.8. The third-order valence-corrected chi connectivity index (χ3v) is 6.57. The number of barbiturate groups is 1. The van der Waals surface area contributed by atoms with E-state index in [2.05, 4.69) is 10.6 Å². The summed E-state index contributed by atoms with van der Waals surface area (Å²) in [4.78, 5) is 51.3. The molecule has 0 unspecified atom stereocenters. The summed E-state index contributed by atoms with van der Waals surface area (Å²) in [6.07, 6.45) is 1.31. The Kier molecular flexibility index (Phi) is 8.29. The van der Waals surface area contributed by atoms with Gasteiger partial charge in [-0.25, -0.2) is 14.1 Å². The Morgan fingerprint density at radius 2 is 1.79 bits per heavy atom. The molecule has 200 valence electrons. The maximum Gasteiger partial charge on any atom is 0.335 e. The highest BCUT2D eigenvalue weighted by molar-refractivity contribution is 14.1. The second kappa shape index (κ2) is 11.6. The van der Waals surface area contributed by atoms with Crippen molar-refractivity contribution in [2.24, 2.45) is 0 Å². The second-order valence-electron chi connectivity index (χ2n) is 8.62. The van der Waals surface area contributed by atoms with Crippen LogP contribution in [0, 0.1) is 23.2 Å². The molecule has 0 saturated carbocycles. The van der Waals surface area contributed by atoms with Gasteiger partial charge in [0.1, 0.15) is 11.4 Å². The van der Waals surface area contributed by atoms with E-state index in [1.807, 2.05) is 54.6 Å². The minimum Gasteiger partial charge on any atom is -0.493 e. The molecule has 0 spiro atoms. The van der Waals surface area contributed by atoms with E-state index in [1.165, 1.54) is 31.4 Å². The number of nitrogens with zero attached hydrogens (tertiary/aromatic N) is 1.